The molecule has 0 radical (unpaired) electrons. The predicted octanol–water partition coefficient (Wildman–Crippen LogP) is 3.67. The fraction of sp³-hybridized carbons (Fsp3) is 0.222. The molecule has 24 heavy (non-hydrogen) atoms. The van der Waals surface area contributed by atoms with Crippen molar-refractivity contribution in [1.29, 1.82) is 0 Å². The minimum atomic E-state index is 0.128. The molecule has 1 aromatic heterocycles. The second-order valence-corrected chi connectivity index (χ2v) is 6.33. The van der Waals surface area contributed by atoms with Gasteiger partial charge in [0, 0.05) is 18.7 Å². The molecule has 2 aromatic carbocycles. The summed E-state index contributed by atoms with van der Waals surface area (Å²) in [4.78, 5) is 0.801. The van der Waals surface area contributed by atoms with Crippen LogP contribution in [-0.2, 0) is 7.05 Å². The van der Waals surface area contributed by atoms with Gasteiger partial charge in [-0.25, -0.2) is 0 Å². The van der Waals surface area contributed by atoms with Gasteiger partial charge < -0.3 is 14.4 Å². The Morgan fingerprint density at radius 1 is 1.25 bits per heavy atom. The third kappa shape index (κ3) is 3.49. The van der Waals surface area contributed by atoms with Crippen LogP contribution in [0.2, 0.25) is 0 Å². The molecular weight excluding hydrogens is 322 g/mol. The highest BCUT2D eigenvalue weighted by Gasteiger charge is 2.02. The maximum Gasteiger partial charge on any atom is 0.211 e. The molecule has 0 aliphatic rings. The number of para-hydroxylation sites is 1. The van der Waals surface area contributed by atoms with E-state index >= 15 is 0 Å². The van der Waals surface area contributed by atoms with Gasteiger partial charge in [0.2, 0.25) is 4.80 Å². The SMILES string of the molecule is CCCOc1ccc(C=NN=c2sc3ccccc3n2C)c(O)c1. The zero-order chi connectivity index (χ0) is 16.9. The zero-order valence-corrected chi connectivity index (χ0v) is 14.5. The van der Waals surface area contributed by atoms with E-state index in [1.165, 1.54) is 0 Å². The zero-order valence-electron chi connectivity index (χ0n) is 13.6. The Morgan fingerprint density at radius 3 is 2.83 bits per heavy atom. The van der Waals surface area contributed by atoms with Gasteiger partial charge in [0.15, 0.2) is 0 Å². The van der Waals surface area contributed by atoms with Crippen LogP contribution < -0.4 is 9.54 Å². The lowest BCUT2D eigenvalue weighted by Gasteiger charge is -2.05. The van der Waals surface area contributed by atoms with Crippen LogP contribution in [-0.4, -0.2) is 22.5 Å². The molecule has 1 N–H and O–H groups in total. The molecule has 0 fully saturated rings. The minimum Gasteiger partial charge on any atom is -0.507 e. The van der Waals surface area contributed by atoms with E-state index in [0.29, 0.717) is 17.9 Å². The summed E-state index contributed by atoms with van der Waals surface area (Å²) in [5, 5.41) is 18.4. The third-order valence-electron chi connectivity index (χ3n) is 3.53. The van der Waals surface area contributed by atoms with E-state index < -0.39 is 0 Å². The molecule has 0 unspecified atom stereocenters. The van der Waals surface area contributed by atoms with E-state index in [9.17, 15) is 5.11 Å². The van der Waals surface area contributed by atoms with E-state index in [0.717, 1.165) is 21.4 Å². The molecule has 3 aromatic rings. The molecular formula is C18H19N3O2S. The molecule has 3 rings (SSSR count). The summed E-state index contributed by atoms with van der Waals surface area (Å²) in [5.74, 6) is 0.780. The summed E-state index contributed by atoms with van der Waals surface area (Å²) < 4.78 is 8.64. The van der Waals surface area contributed by atoms with Crippen LogP contribution in [0.1, 0.15) is 18.9 Å². The van der Waals surface area contributed by atoms with Crippen LogP contribution in [0.15, 0.2) is 52.7 Å². The molecule has 0 aliphatic carbocycles. The quantitative estimate of drug-likeness (QED) is 0.568. The number of thiazole rings is 1. The van der Waals surface area contributed by atoms with E-state index in [2.05, 4.69) is 22.3 Å². The largest absolute Gasteiger partial charge is 0.507 e. The molecule has 0 saturated carbocycles. The maximum atomic E-state index is 10.0. The number of phenols is 1. The van der Waals surface area contributed by atoms with E-state index in [1.54, 1.807) is 29.7 Å². The van der Waals surface area contributed by atoms with Crippen molar-refractivity contribution in [3.05, 3.63) is 52.8 Å². The van der Waals surface area contributed by atoms with Gasteiger partial charge in [0.25, 0.3) is 0 Å². The Labute approximate surface area is 144 Å². The number of fused-ring (bicyclic) bond motifs is 1. The van der Waals surface area contributed by atoms with Crippen molar-refractivity contribution in [2.75, 3.05) is 6.61 Å². The van der Waals surface area contributed by atoms with Crippen LogP contribution >= 0.6 is 11.3 Å². The van der Waals surface area contributed by atoms with Gasteiger partial charge in [-0.1, -0.05) is 30.4 Å². The molecule has 0 bridgehead atoms. The second kappa shape index (κ2) is 7.31. The summed E-state index contributed by atoms with van der Waals surface area (Å²) >= 11 is 1.57. The summed E-state index contributed by atoms with van der Waals surface area (Å²) in [6.45, 7) is 2.67. The minimum absolute atomic E-state index is 0.128. The van der Waals surface area contributed by atoms with Gasteiger partial charge in [-0.2, -0.15) is 5.10 Å². The molecule has 0 spiro atoms. The van der Waals surface area contributed by atoms with E-state index in [1.807, 2.05) is 36.7 Å². The number of nitrogens with zero attached hydrogens (tertiary/aromatic N) is 3. The highest BCUT2D eigenvalue weighted by atomic mass is 32.1. The van der Waals surface area contributed by atoms with Crippen LogP contribution in [0.25, 0.3) is 10.2 Å². The first-order valence-corrected chi connectivity index (χ1v) is 8.58. The van der Waals surface area contributed by atoms with E-state index in [4.69, 9.17) is 4.74 Å². The third-order valence-corrected chi connectivity index (χ3v) is 4.63. The molecule has 1 heterocycles. The van der Waals surface area contributed by atoms with Crippen molar-refractivity contribution < 1.29 is 9.84 Å². The summed E-state index contributed by atoms with van der Waals surface area (Å²) in [5.41, 5.74) is 1.73. The standard InChI is InChI=1S/C18H19N3O2S/c1-3-10-23-14-9-8-13(16(22)11-14)12-19-20-18-21(2)15-6-4-5-7-17(15)24-18/h4-9,11-12,22H,3,10H2,1-2H3. The number of aromatic nitrogens is 1. The predicted molar refractivity (Wildman–Crippen MR) is 97.8 cm³/mol. The van der Waals surface area contributed by atoms with Gasteiger partial charge in [0.1, 0.15) is 11.5 Å². The summed E-state index contributed by atoms with van der Waals surface area (Å²) in [6.07, 6.45) is 2.47. The Hall–Kier alpha value is -2.60. The lowest BCUT2D eigenvalue weighted by Crippen LogP contribution is -2.08. The molecule has 0 saturated heterocycles. The lowest BCUT2D eigenvalue weighted by atomic mass is 10.2. The Balaban J connectivity index is 1.83. The topological polar surface area (TPSA) is 59.1 Å². The van der Waals surface area contributed by atoms with Crippen molar-refractivity contribution in [3.63, 3.8) is 0 Å². The Bertz CT molecular complexity index is 941. The molecule has 0 aliphatic heterocycles. The normalized spacial score (nSPS) is 12.3. The first kappa shape index (κ1) is 16.3. The summed E-state index contributed by atoms with van der Waals surface area (Å²) in [6, 6.07) is 13.3. The number of hydrogen-bond acceptors (Lipinski definition) is 5. The Morgan fingerprint density at radius 2 is 2.08 bits per heavy atom. The van der Waals surface area contributed by atoms with E-state index in [-0.39, 0.29) is 5.75 Å². The lowest BCUT2D eigenvalue weighted by molar-refractivity contribution is 0.315. The highest BCUT2D eigenvalue weighted by Crippen LogP contribution is 2.22. The molecule has 5 nitrogen and oxygen atoms in total. The average Bonchev–Trinajstić information content (AvgIpc) is 2.91. The number of phenolic OH excluding ortho intramolecular Hbond substituents is 1. The van der Waals surface area contributed by atoms with Gasteiger partial charge in [-0.3, -0.25) is 0 Å². The number of rotatable bonds is 5. The Kier molecular flexibility index (Phi) is 4.96. The number of ether oxygens (including phenoxy) is 1. The second-order valence-electron chi connectivity index (χ2n) is 5.33. The smallest absolute Gasteiger partial charge is 0.211 e. The average molecular weight is 341 g/mol. The number of aryl methyl sites for hydroxylation is 1. The van der Waals surface area contributed by atoms with Gasteiger partial charge in [-0.15, -0.1) is 5.10 Å². The molecule has 0 atom stereocenters. The van der Waals surface area contributed by atoms with Crippen LogP contribution in [0.4, 0.5) is 0 Å². The number of benzene rings is 2. The number of hydrogen-bond donors (Lipinski definition) is 1. The monoisotopic (exact) mass is 341 g/mol. The van der Waals surface area contributed by atoms with Crippen molar-refractivity contribution in [3.8, 4) is 11.5 Å². The van der Waals surface area contributed by atoms with Crippen LogP contribution in [0.5, 0.6) is 11.5 Å². The van der Waals surface area contributed by atoms with Gasteiger partial charge in [-0.05, 0) is 30.7 Å². The van der Waals surface area contributed by atoms with Crippen molar-refractivity contribution in [2.24, 2.45) is 17.3 Å². The highest BCUT2D eigenvalue weighted by molar-refractivity contribution is 7.16. The van der Waals surface area contributed by atoms with Gasteiger partial charge >= 0.3 is 0 Å². The first-order valence-electron chi connectivity index (χ1n) is 7.76. The van der Waals surface area contributed by atoms with Crippen molar-refractivity contribution in [1.82, 2.24) is 4.57 Å². The molecule has 0 amide bonds. The fourth-order valence-electron chi connectivity index (χ4n) is 2.26. The van der Waals surface area contributed by atoms with Crippen molar-refractivity contribution >= 4 is 27.8 Å². The fourth-order valence-corrected chi connectivity index (χ4v) is 3.24. The first-order chi connectivity index (χ1) is 11.7. The molecule has 124 valence electrons. The maximum absolute atomic E-state index is 10.0. The van der Waals surface area contributed by atoms with Crippen LogP contribution in [0, 0.1) is 0 Å². The van der Waals surface area contributed by atoms with Crippen LogP contribution in [0.3, 0.4) is 0 Å². The van der Waals surface area contributed by atoms with Gasteiger partial charge in [0.05, 0.1) is 23.0 Å². The molecule has 6 heteroatoms. The number of aromatic hydroxyl groups is 1. The summed E-state index contributed by atoms with van der Waals surface area (Å²) in [7, 11) is 1.96. The van der Waals surface area contributed by atoms with Crippen molar-refractivity contribution in [2.45, 2.75) is 13.3 Å².